The van der Waals surface area contributed by atoms with Crippen LogP contribution >= 0.6 is 23.2 Å². The normalized spacial score (nSPS) is 30.9. The fraction of sp³-hybridized carbons (Fsp3) is 0.433. The van der Waals surface area contributed by atoms with E-state index < -0.39 is 10.0 Å². The number of amides is 1. The van der Waals surface area contributed by atoms with Crippen molar-refractivity contribution in [3.05, 3.63) is 87.6 Å². The van der Waals surface area contributed by atoms with Crippen LogP contribution in [0.3, 0.4) is 0 Å². The van der Waals surface area contributed by atoms with Crippen molar-refractivity contribution in [1.29, 1.82) is 0 Å². The molecule has 5 atom stereocenters. The van der Waals surface area contributed by atoms with Crippen molar-refractivity contribution < 1.29 is 17.9 Å². The molecular formula is C30H31Cl2N3O4S. The number of sulfonamides is 1. The second kappa shape index (κ2) is 9.51. The highest BCUT2D eigenvalue weighted by Crippen LogP contribution is 2.78. The predicted octanol–water partition coefficient (Wildman–Crippen LogP) is 5.42. The third-order valence-corrected chi connectivity index (χ3v) is 12.1. The molecule has 2 bridgehead atoms. The van der Waals surface area contributed by atoms with Gasteiger partial charge in [-0.15, -0.1) is 0 Å². The lowest BCUT2D eigenvalue weighted by Gasteiger charge is -2.43. The summed E-state index contributed by atoms with van der Waals surface area (Å²) in [7, 11) is -3.69. The smallest absolute Gasteiger partial charge is 0.410 e. The summed E-state index contributed by atoms with van der Waals surface area (Å²) in [5.74, 6) is 1.38. The Kier molecular flexibility index (Phi) is 6.27. The van der Waals surface area contributed by atoms with Crippen LogP contribution in [0.5, 0.6) is 0 Å². The minimum absolute atomic E-state index is 0.0521. The summed E-state index contributed by atoms with van der Waals surface area (Å²) in [6, 6.07) is 14.3. The number of rotatable bonds is 5. The van der Waals surface area contributed by atoms with Crippen molar-refractivity contribution in [2.45, 2.75) is 30.9 Å². The van der Waals surface area contributed by atoms with Gasteiger partial charge in [0.2, 0.25) is 10.0 Å². The molecule has 2 aromatic carbocycles. The number of allylic oxidation sites excluding steroid dienone is 2. The number of ether oxygens (including phenoxy) is 1. The Morgan fingerprint density at radius 2 is 1.73 bits per heavy atom. The van der Waals surface area contributed by atoms with E-state index in [4.69, 9.17) is 27.9 Å². The molecule has 10 heteroatoms. The van der Waals surface area contributed by atoms with Gasteiger partial charge >= 0.3 is 6.09 Å². The maximum atomic E-state index is 13.3. The number of likely N-dealkylation sites (tertiary alicyclic amines) is 1. The molecule has 0 N–H and O–H groups in total. The van der Waals surface area contributed by atoms with Gasteiger partial charge in [-0.3, -0.25) is 0 Å². The lowest BCUT2D eigenvalue weighted by Crippen LogP contribution is -2.51. The summed E-state index contributed by atoms with van der Waals surface area (Å²) < 4.78 is 33.8. The van der Waals surface area contributed by atoms with Crippen molar-refractivity contribution in [1.82, 2.24) is 14.1 Å². The summed E-state index contributed by atoms with van der Waals surface area (Å²) in [6.45, 7) is 5.23. The Labute approximate surface area is 245 Å². The molecule has 0 radical (unpaired) electrons. The number of piperazine rings is 1. The summed E-state index contributed by atoms with van der Waals surface area (Å²) in [6.07, 6.45) is 5.42. The molecule has 3 aliphatic carbocycles. The minimum Gasteiger partial charge on any atom is -0.445 e. The van der Waals surface area contributed by atoms with Crippen LogP contribution in [0.15, 0.2) is 76.8 Å². The fourth-order valence-corrected chi connectivity index (χ4v) is 10.0. The molecule has 7 nitrogen and oxygen atoms in total. The van der Waals surface area contributed by atoms with Gasteiger partial charge in [0.25, 0.3) is 0 Å². The average Bonchev–Trinajstić information content (AvgIpc) is 3.57. The zero-order chi connectivity index (χ0) is 27.8. The Morgan fingerprint density at radius 3 is 2.42 bits per heavy atom. The van der Waals surface area contributed by atoms with E-state index in [1.165, 1.54) is 28.1 Å². The van der Waals surface area contributed by atoms with E-state index in [1.807, 2.05) is 35.2 Å². The molecule has 2 saturated heterocycles. The van der Waals surface area contributed by atoms with Crippen LogP contribution in [-0.4, -0.2) is 67.4 Å². The first-order valence-corrected chi connectivity index (χ1v) is 16.0. The van der Waals surface area contributed by atoms with Gasteiger partial charge < -0.3 is 14.5 Å². The molecular weight excluding hydrogens is 569 g/mol. The standard InChI is InChI=1S/C30H31Cl2N3O4S/c1-19-28-25-16-23(33-9-11-34(12-10-33)40(37,38)24-14-21(31)13-22(32)15-24)17-26-27(25)30(19,26)7-8-35(28)29(36)39-18-20-5-3-2-4-6-20/h2-6,13-17,19,26-28H,7-12,18H2,1H3/t19-,26?,27?,28?,30?/m1/s1. The lowest BCUT2D eigenvalue weighted by molar-refractivity contribution is 0.0452. The van der Waals surface area contributed by atoms with E-state index >= 15 is 0 Å². The number of hydrogen-bond acceptors (Lipinski definition) is 5. The third-order valence-electron chi connectivity index (χ3n) is 9.78. The van der Waals surface area contributed by atoms with Crippen molar-refractivity contribution in [2.75, 3.05) is 32.7 Å². The minimum atomic E-state index is -3.69. The van der Waals surface area contributed by atoms with E-state index in [1.54, 1.807) is 0 Å². The molecule has 4 fully saturated rings. The Hall–Kier alpha value is -2.52. The first-order valence-electron chi connectivity index (χ1n) is 13.8. The van der Waals surface area contributed by atoms with Gasteiger partial charge in [0.1, 0.15) is 6.61 Å². The molecule has 5 aliphatic rings. The average molecular weight is 601 g/mol. The number of piperidine rings is 1. The molecule has 1 spiro atoms. The first-order chi connectivity index (χ1) is 19.2. The van der Waals surface area contributed by atoms with Crippen LogP contribution in [0.25, 0.3) is 0 Å². The van der Waals surface area contributed by atoms with Gasteiger partial charge in [0.15, 0.2) is 0 Å². The number of hydrogen-bond donors (Lipinski definition) is 0. The predicted molar refractivity (Wildman–Crippen MR) is 153 cm³/mol. The second-order valence-corrected chi connectivity index (χ2v) is 14.4. The highest BCUT2D eigenvalue weighted by Gasteiger charge is 2.77. The quantitative estimate of drug-likeness (QED) is 0.459. The molecule has 2 aliphatic heterocycles. The number of carbonyl (C=O) groups is 1. The van der Waals surface area contributed by atoms with Gasteiger partial charge in [0, 0.05) is 48.5 Å². The van der Waals surface area contributed by atoms with E-state index in [9.17, 15) is 13.2 Å². The van der Waals surface area contributed by atoms with Crippen LogP contribution in [0.4, 0.5) is 4.79 Å². The maximum absolute atomic E-state index is 13.3. The molecule has 2 heterocycles. The molecule has 2 saturated carbocycles. The van der Waals surface area contributed by atoms with Crippen LogP contribution in [0, 0.1) is 23.2 Å². The Morgan fingerprint density at radius 1 is 1.02 bits per heavy atom. The molecule has 7 rings (SSSR count). The monoisotopic (exact) mass is 599 g/mol. The fourth-order valence-electron chi connectivity index (χ4n) is 7.86. The van der Waals surface area contributed by atoms with Crippen molar-refractivity contribution in [3.8, 4) is 0 Å². The van der Waals surface area contributed by atoms with Gasteiger partial charge in [-0.1, -0.05) is 66.5 Å². The lowest BCUT2D eigenvalue weighted by atomic mass is 9.77. The van der Waals surface area contributed by atoms with Crippen molar-refractivity contribution in [2.24, 2.45) is 23.2 Å². The Bertz CT molecular complexity index is 1520. The molecule has 210 valence electrons. The number of benzene rings is 2. The SMILES string of the molecule is C[C@@H]1C2C3=CC(N4CCN(S(=O)(=O)c5cc(Cl)cc(Cl)c5)CC4)=CC4C3C41CCN2C(=O)OCc1ccccc1. The molecule has 1 amide bonds. The number of halogens is 2. The summed E-state index contributed by atoms with van der Waals surface area (Å²) in [4.78, 5) is 17.6. The first kappa shape index (κ1) is 26.4. The summed E-state index contributed by atoms with van der Waals surface area (Å²) >= 11 is 12.1. The molecule has 40 heavy (non-hydrogen) atoms. The third kappa shape index (κ3) is 4.02. The molecule has 2 aromatic rings. The van der Waals surface area contributed by atoms with E-state index in [0.717, 1.165) is 24.2 Å². The van der Waals surface area contributed by atoms with Gasteiger partial charge in [-0.25, -0.2) is 13.2 Å². The maximum Gasteiger partial charge on any atom is 0.410 e. The summed E-state index contributed by atoms with van der Waals surface area (Å²) in [5, 5.41) is 0.602. The van der Waals surface area contributed by atoms with Crippen LogP contribution in [-0.2, 0) is 21.4 Å². The second-order valence-electron chi connectivity index (χ2n) is 11.6. The van der Waals surface area contributed by atoms with Gasteiger partial charge in [-0.05, 0) is 65.0 Å². The topological polar surface area (TPSA) is 70.2 Å². The van der Waals surface area contributed by atoms with Gasteiger partial charge in [-0.2, -0.15) is 4.31 Å². The number of nitrogens with zero attached hydrogens (tertiary/aromatic N) is 3. The van der Waals surface area contributed by atoms with Crippen LogP contribution in [0.1, 0.15) is 18.9 Å². The zero-order valence-corrected chi connectivity index (χ0v) is 24.5. The van der Waals surface area contributed by atoms with Crippen molar-refractivity contribution in [3.63, 3.8) is 0 Å². The summed E-state index contributed by atoms with van der Waals surface area (Å²) in [5.41, 5.74) is 3.70. The van der Waals surface area contributed by atoms with Crippen LogP contribution in [0.2, 0.25) is 10.0 Å². The highest BCUT2D eigenvalue weighted by molar-refractivity contribution is 7.89. The van der Waals surface area contributed by atoms with Gasteiger partial charge in [0.05, 0.1) is 10.9 Å². The highest BCUT2D eigenvalue weighted by atomic mass is 35.5. The molecule has 4 unspecified atom stereocenters. The Balaban J connectivity index is 1.06. The van der Waals surface area contributed by atoms with E-state index in [0.29, 0.717) is 54.0 Å². The molecule has 0 aromatic heterocycles. The van der Waals surface area contributed by atoms with E-state index in [2.05, 4.69) is 24.0 Å². The largest absolute Gasteiger partial charge is 0.445 e. The van der Waals surface area contributed by atoms with Crippen molar-refractivity contribution >= 4 is 39.3 Å². The number of fused-ring (bicyclic) bond motifs is 2. The van der Waals surface area contributed by atoms with E-state index in [-0.39, 0.29) is 29.1 Å². The van der Waals surface area contributed by atoms with Crippen LogP contribution < -0.4 is 0 Å². The number of carbonyl (C=O) groups excluding carboxylic acids is 1. The zero-order valence-electron chi connectivity index (χ0n) is 22.2.